The Morgan fingerprint density at radius 2 is 1.78 bits per heavy atom. The maximum atomic E-state index is 14.7. The predicted molar refractivity (Wildman–Crippen MR) is 110 cm³/mol. The summed E-state index contributed by atoms with van der Waals surface area (Å²) in [5, 5.41) is 0. The second-order valence-corrected chi connectivity index (χ2v) is 9.33. The normalized spacial score (nSPS) is 33.0. The highest BCUT2D eigenvalue weighted by atomic mass is 19.1. The fraction of sp³-hybridized carbons (Fsp3) is 0.680. The lowest BCUT2D eigenvalue weighted by molar-refractivity contribution is 0.0705. The van der Waals surface area contributed by atoms with E-state index in [0.29, 0.717) is 18.3 Å². The van der Waals surface area contributed by atoms with Crippen LogP contribution in [0.3, 0.4) is 0 Å². The molecule has 0 amide bonds. The largest absolute Gasteiger partial charge is 0.489 e. The van der Waals surface area contributed by atoms with E-state index < -0.39 is 0 Å². The molecule has 3 aliphatic carbocycles. The molecule has 5 atom stereocenters. The molecular formula is C25H35FO. The minimum atomic E-state index is -0.0617. The fourth-order valence-electron chi connectivity index (χ4n) is 6.29. The van der Waals surface area contributed by atoms with Gasteiger partial charge in [-0.1, -0.05) is 32.4 Å². The van der Waals surface area contributed by atoms with Crippen LogP contribution in [0.25, 0.3) is 0 Å². The first-order chi connectivity index (χ1) is 13.2. The van der Waals surface area contributed by atoms with E-state index in [9.17, 15) is 4.39 Å². The number of halogens is 1. The molecule has 0 saturated heterocycles. The molecule has 2 saturated carbocycles. The first-order valence-corrected chi connectivity index (χ1v) is 11.2. The molecule has 1 aromatic rings. The second kappa shape index (κ2) is 8.37. The number of hydrogen-bond donors (Lipinski definition) is 0. The van der Waals surface area contributed by atoms with Gasteiger partial charge in [-0.25, -0.2) is 4.39 Å². The van der Waals surface area contributed by atoms with E-state index in [1.54, 1.807) is 12.1 Å². The summed E-state index contributed by atoms with van der Waals surface area (Å²) in [4.78, 5) is 0. The van der Waals surface area contributed by atoms with Crippen molar-refractivity contribution in [1.82, 2.24) is 0 Å². The summed E-state index contributed by atoms with van der Waals surface area (Å²) in [6, 6.07) is 3.63. The Bertz CT molecular complexity index is 667. The number of fused-ring (bicyclic) bond motifs is 2. The van der Waals surface area contributed by atoms with Crippen LogP contribution < -0.4 is 4.74 Å². The molecular weight excluding hydrogens is 335 g/mol. The van der Waals surface area contributed by atoms with Crippen molar-refractivity contribution in [1.29, 1.82) is 0 Å². The van der Waals surface area contributed by atoms with Crippen LogP contribution in [0.2, 0.25) is 0 Å². The van der Waals surface area contributed by atoms with Gasteiger partial charge in [-0.05, 0) is 98.1 Å². The van der Waals surface area contributed by atoms with Crippen LogP contribution in [0.15, 0.2) is 24.8 Å². The van der Waals surface area contributed by atoms with E-state index >= 15 is 0 Å². The molecule has 3 aliphatic rings. The third kappa shape index (κ3) is 4.10. The highest BCUT2D eigenvalue weighted by molar-refractivity contribution is 5.39. The third-order valence-electron chi connectivity index (χ3n) is 7.89. The van der Waals surface area contributed by atoms with Crippen LogP contribution in [-0.2, 0) is 12.8 Å². The molecule has 0 aliphatic heterocycles. The number of aryl methyl sites for hydroxylation is 1. The van der Waals surface area contributed by atoms with Gasteiger partial charge in [0.15, 0.2) is 0 Å². The lowest BCUT2D eigenvalue weighted by Gasteiger charge is -2.45. The minimum Gasteiger partial charge on any atom is -0.489 e. The summed E-state index contributed by atoms with van der Waals surface area (Å²) in [6.45, 7) is 6.46. The molecule has 1 aromatic carbocycles. The van der Waals surface area contributed by atoms with Crippen LogP contribution in [-0.4, -0.2) is 6.61 Å². The zero-order chi connectivity index (χ0) is 18.8. The lowest BCUT2D eigenvalue weighted by atomic mass is 9.61. The van der Waals surface area contributed by atoms with E-state index in [2.05, 4.69) is 19.6 Å². The van der Waals surface area contributed by atoms with Crippen molar-refractivity contribution in [2.75, 3.05) is 6.61 Å². The summed E-state index contributed by atoms with van der Waals surface area (Å²) in [5.41, 5.74) is 2.14. The van der Waals surface area contributed by atoms with E-state index in [0.717, 1.165) is 42.1 Å². The standard InChI is InChI=1S/C25H35FO/c1-3-11-27-23-14-22-10-9-21(15-24(22)25(26)16-23)20-8-7-18-12-17(4-2)5-6-19(18)13-20/h3,14,16-21H,1,4-13,15H2,2H3. The van der Waals surface area contributed by atoms with Gasteiger partial charge in [-0.15, -0.1) is 0 Å². The van der Waals surface area contributed by atoms with Crippen molar-refractivity contribution in [3.8, 4) is 5.75 Å². The van der Waals surface area contributed by atoms with Gasteiger partial charge in [0.1, 0.15) is 18.2 Å². The van der Waals surface area contributed by atoms with Crippen molar-refractivity contribution in [3.63, 3.8) is 0 Å². The first-order valence-electron chi connectivity index (χ1n) is 11.2. The lowest BCUT2D eigenvalue weighted by Crippen LogP contribution is -2.35. The van der Waals surface area contributed by atoms with Crippen LogP contribution in [0, 0.1) is 35.4 Å². The smallest absolute Gasteiger partial charge is 0.130 e. The summed E-state index contributed by atoms with van der Waals surface area (Å²) < 4.78 is 20.3. The molecule has 4 rings (SSSR count). The Kier molecular flexibility index (Phi) is 5.90. The topological polar surface area (TPSA) is 9.23 Å². The molecule has 0 heterocycles. The maximum absolute atomic E-state index is 14.7. The van der Waals surface area contributed by atoms with E-state index in [-0.39, 0.29) is 5.82 Å². The van der Waals surface area contributed by atoms with Crippen molar-refractivity contribution in [3.05, 3.63) is 41.7 Å². The van der Waals surface area contributed by atoms with Crippen molar-refractivity contribution < 1.29 is 9.13 Å². The number of benzene rings is 1. The molecule has 0 radical (unpaired) electrons. The van der Waals surface area contributed by atoms with E-state index in [4.69, 9.17) is 4.74 Å². The zero-order valence-electron chi connectivity index (χ0n) is 16.9. The van der Waals surface area contributed by atoms with E-state index in [1.165, 1.54) is 56.9 Å². The predicted octanol–water partition coefficient (Wildman–Crippen LogP) is 6.74. The molecule has 148 valence electrons. The quantitative estimate of drug-likeness (QED) is 0.522. The van der Waals surface area contributed by atoms with Gasteiger partial charge in [0, 0.05) is 6.07 Å². The van der Waals surface area contributed by atoms with Crippen molar-refractivity contribution in [2.45, 2.75) is 71.1 Å². The first kappa shape index (κ1) is 19.0. The van der Waals surface area contributed by atoms with Gasteiger partial charge < -0.3 is 4.74 Å². The van der Waals surface area contributed by atoms with Gasteiger partial charge in [0.25, 0.3) is 0 Å². The zero-order valence-corrected chi connectivity index (χ0v) is 16.9. The Morgan fingerprint density at radius 3 is 2.56 bits per heavy atom. The Balaban J connectivity index is 1.41. The molecule has 0 bridgehead atoms. The number of rotatable bonds is 5. The number of hydrogen-bond acceptors (Lipinski definition) is 1. The summed E-state index contributed by atoms with van der Waals surface area (Å²) in [5.74, 6) is 5.00. The third-order valence-corrected chi connectivity index (χ3v) is 7.89. The van der Waals surface area contributed by atoms with Crippen LogP contribution in [0.4, 0.5) is 4.39 Å². The van der Waals surface area contributed by atoms with Gasteiger partial charge >= 0.3 is 0 Å². The fourth-order valence-corrected chi connectivity index (χ4v) is 6.29. The highest BCUT2D eigenvalue weighted by Crippen LogP contribution is 2.49. The average molecular weight is 371 g/mol. The van der Waals surface area contributed by atoms with Crippen molar-refractivity contribution in [2.24, 2.45) is 29.6 Å². The highest BCUT2D eigenvalue weighted by Gasteiger charge is 2.38. The van der Waals surface area contributed by atoms with Crippen LogP contribution in [0.5, 0.6) is 5.75 Å². The van der Waals surface area contributed by atoms with Gasteiger partial charge in [0.2, 0.25) is 0 Å². The van der Waals surface area contributed by atoms with Crippen LogP contribution >= 0.6 is 0 Å². The van der Waals surface area contributed by atoms with Gasteiger partial charge in [-0.2, -0.15) is 0 Å². The van der Waals surface area contributed by atoms with Crippen LogP contribution in [0.1, 0.15) is 69.4 Å². The average Bonchev–Trinajstić information content (AvgIpc) is 2.71. The van der Waals surface area contributed by atoms with Gasteiger partial charge in [0.05, 0.1) is 0 Å². The molecule has 0 spiro atoms. The molecule has 0 aromatic heterocycles. The second-order valence-electron chi connectivity index (χ2n) is 9.33. The summed E-state index contributed by atoms with van der Waals surface area (Å²) in [6.07, 6.45) is 14.8. The molecule has 1 nitrogen and oxygen atoms in total. The SMILES string of the molecule is C=CCOc1cc(F)c2c(c1)CCC(C1CCC3CC(CC)CCC3C1)C2. The van der Waals surface area contributed by atoms with Gasteiger partial charge in [-0.3, -0.25) is 0 Å². The molecule has 0 N–H and O–H groups in total. The molecule has 2 heteroatoms. The Morgan fingerprint density at radius 1 is 1.04 bits per heavy atom. The summed E-state index contributed by atoms with van der Waals surface area (Å²) in [7, 11) is 0. The Labute approximate surface area is 164 Å². The minimum absolute atomic E-state index is 0.0617. The molecule has 27 heavy (non-hydrogen) atoms. The maximum Gasteiger partial charge on any atom is 0.130 e. The summed E-state index contributed by atoms with van der Waals surface area (Å²) >= 11 is 0. The number of ether oxygens (including phenoxy) is 1. The molecule has 2 fully saturated rings. The molecule has 5 unspecified atom stereocenters. The Hall–Kier alpha value is -1.31. The van der Waals surface area contributed by atoms with E-state index in [1.807, 2.05) is 0 Å². The monoisotopic (exact) mass is 370 g/mol. The van der Waals surface area contributed by atoms with Crippen molar-refractivity contribution >= 4 is 0 Å².